The van der Waals surface area contributed by atoms with Crippen LogP contribution in [0.15, 0.2) is 24.3 Å². The van der Waals surface area contributed by atoms with Crippen molar-refractivity contribution in [1.82, 2.24) is 0 Å². The molecule has 1 aromatic rings. The maximum atomic E-state index is 11.5. The Morgan fingerprint density at radius 1 is 1.24 bits per heavy atom. The largest absolute Gasteiger partial charge is 0.469 e. The summed E-state index contributed by atoms with van der Waals surface area (Å²) in [4.78, 5) is 11.5. The van der Waals surface area contributed by atoms with Gasteiger partial charge in [-0.25, -0.2) is 0 Å². The molecule has 2 heterocycles. The first kappa shape index (κ1) is 14.5. The highest BCUT2D eigenvalue weighted by atomic mass is 16.5. The summed E-state index contributed by atoms with van der Waals surface area (Å²) >= 11 is 0. The van der Waals surface area contributed by atoms with E-state index in [0.29, 0.717) is 12.3 Å². The number of esters is 1. The van der Waals surface area contributed by atoms with E-state index in [9.17, 15) is 9.90 Å². The Labute approximate surface area is 125 Å². The first-order chi connectivity index (χ1) is 10.2. The van der Waals surface area contributed by atoms with Gasteiger partial charge in [0.05, 0.1) is 25.7 Å². The van der Waals surface area contributed by atoms with Gasteiger partial charge in [-0.05, 0) is 36.3 Å². The van der Waals surface area contributed by atoms with E-state index in [4.69, 9.17) is 9.47 Å². The Bertz CT molecular complexity index is 513. The SMILES string of the molecule is COC(=O)Cc1ccccc1C[C@@H]1[C@H](CO)[C@H]2CC[C@@H]1O2. The number of benzene rings is 1. The van der Waals surface area contributed by atoms with Crippen LogP contribution in [0.5, 0.6) is 0 Å². The van der Waals surface area contributed by atoms with E-state index in [1.165, 1.54) is 12.7 Å². The van der Waals surface area contributed by atoms with E-state index in [1.807, 2.05) is 18.2 Å². The standard InChI is InChI=1S/C17H22O4/c1-20-17(19)9-12-5-3-2-4-11(12)8-13-14(10-18)16-7-6-15(13)21-16/h2-5,13-16,18H,6-10H2,1H3/t13-,14+,15+,16-/m1/s1. The molecule has 3 rings (SSSR count). The maximum Gasteiger partial charge on any atom is 0.309 e. The van der Waals surface area contributed by atoms with Crippen molar-refractivity contribution in [3.8, 4) is 0 Å². The number of hydrogen-bond donors (Lipinski definition) is 1. The smallest absolute Gasteiger partial charge is 0.309 e. The fourth-order valence-electron chi connectivity index (χ4n) is 3.82. The fraction of sp³-hybridized carbons (Fsp3) is 0.588. The fourth-order valence-corrected chi connectivity index (χ4v) is 3.82. The van der Waals surface area contributed by atoms with E-state index in [-0.39, 0.29) is 30.7 Å². The van der Waals surface area contributed by atoms with Crippen LogP contribution < -0.4 is 0 Å². The second kappa shape index (κ2) is 6.16. The number of fused-ring (bicyclic) bond motifs is 2. The Hall–Kier alpha value is -1.39. The van der Waals surface area contributed by atoms with Gasteiger partial charge in [0.2, 0.25) is 0 Å². The molecule has 1 N–H and O–H groups in total. The van der Waals surface area contributed by atoms with Crippen LogP contribution in [0, 0.1) is 11.8 Å². The Kier molecular flexibility index (Phi) is 4.27. The summed E-state index contributed by atoms with van der Waals surface area (Å²) in [5.74, 6) is 0.368. The number of aliphatic hydroxyl groups excluding tert-OH is 1. The van der Waals surface area contributed by atoms with Gasteiger partial charge in [0.15, 0.2) is 0 Å². The van der Waals surface area contributed by atoms with E-state index in [0.717, 1.165) is 24.8 Å². The van der Waals surface area contributed by atoms with Crippen molar-refractivity contribution in [2.75, 3.05) is 13.7 Å². The van der Waals surface area contributed by atoms with Gasteiger partial charge in [-0.3, -0.25) is 4.79 Å². The average molecular weight is 290 g/mol. The van der Waals surface area contributed by atoms with Crippen LogP contribution in [0.1, 0.15) is 24.0 Å². The molecule has 0 aliphatic carbocycles. The second-order valence-corrected chi connectivity index (χ2v) is 6.03. The van der Waals surface area contributed by atoms with Crippen LogP contribution in [-0.4, -0.2) is 37.0 Å². The molecule has 2 aliphatic rings. The molecule has 2 aliphatic heterocycles. The van der Waals surface area contributed by atoms with Gasteiger partial charge >= 0.3 is 5.97 Å². The molecule has 2 fully saturated rings. The van der Waals surface area contributed by atoms with Gasteiger partial charge in [-0.15, -0.1) is 0 Å². The third-order valence-electron chi connectivity index (χ3n) is 4.94. The molecular weight excluding hydrogens is 268 g/mol. The third kappa shape index (κ3) is 2.83. The molecule has 0 radical (unpaired) electrons. The monoisotopic (exact) mass is 290 g/mol. The lowest BCUT2D eigenvalue weighted by Crippen LogP contribution is -2.31. The second-order valence-electron chi connectivity index (χ2n) is 6.03. The number of rotatable bonds is 5. The summed E-state index contributed by atoms with van der Waals surface area (Å²) in [5, 5.41) is 9.64. The number of hydrogen-bond acceptors (Lipinski definition) is 4. The summed E-state index contributed by atoms with van der Waals surface area (Å²) in [5.41, 5.74) is 2.19. The Morgan fingerprint density at radius 2 is 1.90 bits per heavy atom. The molecule has 0 spiro atoms. The van der Waals surface area contributed by atoms with Crippen molar-refractivity contribution < 1.29 is 19.4 Å². The number of carbonyl (C=O) groups excluding carboxylic acids is 1. The molecule has 21 heavy (non-hydrogen) atoms. The lowest BCUT2D eigenvalue weighted by molar-refractivity contribution is -0.139. The maximum absolute atomic E-state index is 11.5. The summed E-state index contributed by atoms with van der Waals surface area (Å²) in [6.45, 7) is 0.186. The minimum Gasteiger partial charge on any atom is -0.469 e. The first-order valence-corrected chi connectivity index (χ1v) is 7.63. The highest BCUT2D eigenvalue weighted by molar-refractivity contribution is 5.72. The number of methoxy groups -OCH3 is 1. The number of aliphatic hydroxyl groups is 1. The molecule has 4 heteroatoms. The van der Waals surface area contributed by atoms with Crippen LogP contribution in [0.4, 0.5) is 0 Å². The van der Waals surface area contributed by atoms with Crippen molar-refractivity contribution in [2.45, 2.75) is 37.9 Å². The van der Waals surface area contributed by atoms with Gasteiger partial charge in [-0.2, -0.15) is 0 Å². The predicted octanol–water partition coefficient (Wildman–Crippen LogP) is 1.73. The molecule has 4 atom stereocenters. The van der Waals surface area contributed by atoms with E-state index in [1.54, 1.807) is 0 Å². The van der Waals surface area contributed by atoms with Crippen molar-refractivity contribution in [3.05, 3.63) is 35.4 Å². The first-order valence-electron chi connectivity index (χ1n) is 7.63. The molecule has 2 saturated heterocycles. The zero-order chi connectivity index (χ0) is 14.8. The number of carbonyl (C=O) groups is 1. The average Bonchev–Trinajstić information content (AvgIpc) is 3.10. The van der Waals surface area contributed by atoms with Crippen molar-refractivity contribution in [2.24, 2.45) is 11.8 Å². The van der Waals surface area contributed by atoms with Gasteiger partial charge < -0.3 is 14.6 Å². The zero-order valence-corrected chi connectivity index (χ0v) is 12.3. The Balaban J connectivity index is 1.77. The molecule has 0 saturated carbocycles. The molecule has 2 bridgehead atoms. The van der Waals surface area contributed by atoms with Crippen molar-refractivity contribution >= 4 is 5.97 Å². The summed E-state index contributed by atoms with van der Waals surface area (Å²) in [7, 11) is 1.41. The van der Waals surface area contributed by atoms with Crippen LogP contribution in [0.2, 0.25) is 0 Å². The molecule has 4 nitrogen and oxygen atoms in total. The molecule has 0 amide bonds. The highest BCUT2D eigenvalue weighted by Gasteiger charge is 2.48. The number of ether oxygens (including phenoxy) is 2. The third-order valence-corrected chi connectivity index (χ3v) is 4.94. The lowest BCUT2D eigenvalue weighted by atomic mass is 9.76. The van der Waals surface area contributed by atoms with Gasteiger partial charge in [-0.1, -0.05) is 24.3 Å². The van der Waals surface area contributed by atoms with E-state index in [2.05, 4.69) is 6.07 Å². The van der Waals surface area contributed by atoms with Gasteiger partial charge in [0.1, 0.15) is 0 Å². The van der Waals surface area contributed by atoms with E-state index >= 15 is 0 Å². The summed E-state index contributed by atoms with van der Waals surface area (Å²) in [6, 6.07) is 7.99. The summed E-state index contributed by atoms with van der Waals surface area (Å²) in [6.07, 6.45) is 3.80. The quantitative estimate of drug-likeness (QED) is 0.839. The van der Waals surface area contributed by atoms with Crippen LogP contribution in [0.25, 0.3) is 0 Å². The topological polar surface area (TPSA) is 55.8 Å². The molecular formula is C17H22O4. The van der Waals surface area contributed by atoms with Crippen molar-refractivity contribution in [3.63, 3.8) is 0 Å². The lowest BCUT2D eigenvalue weighted by Gasteiger charge is -2.27. The normalized spacial score (nSPS) is 30.6. The van der Waals surface area contributed by atoms with Gasteiger partial charge in [0.25, 0.3) is 0 Å². The Morgan fingerprint density at radius 3 is 2.57 bits per heavy atom. The molecule has 0 unspecified atom stereocenters. The minimum atomic E-state index is -0.217. The van der Waals surface area contributed by atoms with Crippen LogP contribution in [0.3, 0.4) is 0 Å². The zero-order valence-electron chi connectivity index (χ0n) is 12.3. The van der Waals surface area contributed by atoms with Crippen molar-refractivity contribution in [1.29, 1.82) is 0 Å². The molecule has 0 aromatic heterocycles. The highest BCUT2D eigenvalue weighted by Crippen LogP contribution is 2.44. The molecule has 1 aromatic carbocycles. The summed E-state index contributed by atoms with van der Waals surface area (Å²) < 4.78 is 10.7. The predicted molar refractivity (Wildman–Crippen MR) is 77.8 cm³/mol. The van der Waals surface area contributed by atoms with E-state index < -0.39 is 0 Å². The molecule has 114 valence electrons. The van der Waals surface area contributed by atoms with Gasteiger partial charge in [0, 0.05) is 12.5 Å². The van der Waals surface area contributed by atoms with Crippen LogP contribution in [-0.2, 0) is 27.1 Å². The minimum absolute atomic E-state index is 0.186. The van der Waals surface area contributed by atoms with Crippen LogP contribution >= 0.6 is 0 Å².